The first-order chi connectivity index (χ1) is 8.47. The minimum Gasteiger partial charge on any atom is -0.377 e. The van der Waals surface area contributed by atoms with E-state index in [9.17, 15) is 0 Å². The van der Waals surface area contributed by atoms with Crippen LogP contribution in [0.3, 0.4) is 0 Å². The molecule has 1 aromatic carbocycles. The number of halogens is 3. The van der Waals surface area contributed by atoms with Gasteiger partial charge in [0.1, 0.15) is 0 Å². The van der Waals surface area contributed by atoms with Crippen LogP contribution in [0.25, 0.3) is 0 Å². The van der Waals surface area contributed by atoms with E-state index in [0.717, 1.165) is 12.1 Å². The predicted octanol–water partition coefficient (Wildman–Crippen LogP) is 4.72. The lowest BCUT2D eigenvalue weighted by Gasteiger charge is -2.19. The zero-order valence-corrected chi connectivity index (χ0v) is 13.0. The Morgan fingerprint density at radius 3 is 2.44 bits per heavy atom. The number of hydrogen-bond donors (Lipinski definition) is 1. The quantitative estimate of drug-likeness (QED) is 0.767. The second-order valence-electron chi connectivity index (χ2n) is 4.16. The normalized spacial score (nSPS) is 14.6. The van der Waals surface area contributed by atoms with Crippen LogP contribution in [-0.2, 0) is 4.74 Å². The van der Waals surface area contributed by atoms with Gasteiger partial charge in [-0.15, -0.1) is 0 Å². The van der Waals surface area contributed by atoms with Gasteiger partial charge >= 0.3 is 0 Å². The smallest absolute Gasteiger partial charge is 0.0781 e. The van der Waals surface area contributed by atoms with E-state index in [4.69, 9.17) is 39.5 Å². The molecule has 0 aliphatic heterocycles. The summed E-state index contributed by atoms with van der Waals surface area (Å²) >= 11 is 18.1. The van der Waals surface area contributed by atoms with Gasteiger partial charge in [-0.1, -0.05) is 40.9 Å². The van der Waals surface area contributed by atoms with E-state index in [1.807, 2.05) is 26.8 Å². The minimum absolute atomic E-state index is 0.0928. The Balaban J connectivity index is 2.67. The molecule has 0 fully saturated rings. The average molecular weight is 311 g/mol. The standard InChI is InChI=1S/C13H18Cl3NO/c1-4-18-8(2)7-17-9(3)10-5-6-11(14)13(16)12(10)15/h5-6,8-9,17H,4,7H2,1-3H3. The van der Waals surface area contributed by atoms with Gasteiger partial charge in [-0.2, -0.15) is 0 Å². The molecule has 1 rings (SSSR count). The molecule has 0 bridgehead atoms. The fraction of sp³-hybridized carbons (Fsp3) is 0.538. The summed E-state index contributed by atoms with van der Waals surface area (Å²) in [6.45, 7) is 7.51. The van der Waals surface area contributed by atoms with Crippen LogP contribution in [0.2, 0.25) is 15.1 Å². The lowest BCUT2D eigenvalue weighted by atomic mass is 10.1. The highest BCUT2D eigenvalue weighted by atomic mass is 35.5. The first-order valence-electron chi connectivity index (χ1n) is 5.95. The summed E-state index contributed by atoms with van der Waals surface area (Å²) in [5.74, 6) is 0. The molecule has 102 valence electrons. The number of nitrogens with one attached hydrogen (secondary N) is 1. The largest absolute Gasteiger partial charge is 0.377 e. The van der Waals surface area contributed by atoms with Crippen LogP contribution in [0.15, 0.2) is 12.1 Å². The molecule has 1 aromatic rings. The maximum atomic E-state index is 6.18. The SMILES string of the molecule is CCOC(C)CNC(C)c1ccc(Cl)c(Cl)c1Cl. The molecule has 0 spiro atoms. The molecule has 2 unspecified atom stereocenters. The minimum atomic E-state index is 0.0928. The fourth-order valence-electron chi connectivity index (χ4n) is 1.67. The van der Waals surface area contributed by atoms with Crippen LogP contribution in [0.1, 0.15) is 32.4 Å². The highest BCUT2D eigenvalue weighted by molar-refractivity contribution is 6.48. The molecule has 0 saturated heterocycles. The molecular formula is C13H18Cl3NO. The van der Waals surface area contributed by atoms with Crippen molar-refractivity contribution >= 4 is 34.8 Å². The third-order valence-corrected chi connectivity index (χ3v) is 4.00. The van der Waals surface area contributed by atoms with Crippen LogP contribution in [-0.4, -0.2) is 19.3 Å². The molecule has 0 radical (unpaired) electrons. The van der Waals surface area contributed by atoms with Gasteiger partial charge in [0.15, 0.2) is 0 Å². The van der Waals surface area contributed by atoms with E-state index >= 15 is 0 Å². The highest BCUT2D eigenvalue weighted by Crippen LogP contribution is 2.35. The van der Waals surface area contributed by atoms with Crippen molar-refractivity contribution in [1.29, 1.82) is 0 Å². The molecular weight excluding hydrogens is 293 g/mol. The second kappa shape index (κ2) is 7.56. The lowest BCUT2D eigenvalue weighted by Crippen LogP contribution is -2.29. The molecule has 2 nitrogen and oxygen atoms in total. The molecule has 0 saturated carbocycles. The summed E-state index contributed by atoms with van der Waals surface area (Å²) < 4.78 is 5.46. The molecule has 5 heteroatoms. The Labute approximate surface area is 124 Å². The Morgan fingerprint density at radius 2 is 1.83 bits per heavy atom. The molecule has 0 amide bonds. The fourth-order valence-corrected chi connectivity index (χ4v) is 2.38. The zero-order valence-electron chi connectivity index (χ0n) is 10.8. The molecule has 18 heavy (non-hydrogen) atoms. The second-order valence-corrected chi connectivity index (χ2v) is 5.32. The van der Waals surface area contributed by atoms with Crippen LogP contribution in [0.5, 0.6) is 0 Å². The summed E-state index contributed by atoms with van der Waals surface area (Å²) in [5, 5.41) is 4.74. The lowest BCUT2D eigenvalue weighted by molar-refractivity contribution is 0.0743. The van der Waals surface area contributed by atoms with Crippen molar-refractivity contribution in [3.8, 4) is 0 Å². The summed E-state index contributed by atoms with van der Waals surface area (Å²) in [6, 6.07) is 3.74. The summed E-state index contributed by atoms with van der Waals surface area (Å²) in [7, 11) is 0. The predicted molar refractivity (Wildman–Crippen MR) is 79.0 cm³/mol. The Hall–Kier alpha value is 0.01000. The van der Waals surface area contributed by atoms with Gasteiger partial charge in [0.25, 0.3) is 0 Å². The van der Waals surface area contributed by atoms with Crippen molar-refractivity contribution in [2.24, 2.45) is 0 Å². The number of rotatable bonds is 6. The highest BCUT2D eigenvalue weighted by Gasteiger charge is 2.14. The Bertz CT molecular complexity index is 398. The van der Waals surface area contributed by atoms with Crippen LogP contribution in [0.4, 0.5) is 0 Å². The third-order valence-electron chi connectivity index (χ3n) is 2.69. The number of ether oxygens (including phenoxy) is 1. The first-order valence-corrected chi connectivity index (χ1v) is 7.09. The summed E-state index contributed by atoms with van der Waals surface area (Å²) in [6.07, 6.45) is 0.166. The zero-order chi connectivity index (χ0) is 13.7. The van der Waals surface area contributed by atoms with E-state index < -0.39 is 0 Å². The Morgan fingerprint density at radius 1 is 1.17 bits per heavy atom. The van der Waals surface area contributed by atoms with E-state index in [1.165, 1.54) is 0 Å². The van der Waals surface area contributed by atoms with E-state index in [0.29, 0.717) is 21.7 Å². The van der Waals surface area contributed by atoms with Crippen molar-refractivity contribution in [2.45, 2.75) is 32.9 Å². The molecule has 0 aromatic heterocycles. The van der Waals surface area contributed by atoms with Gasteiger partial charge < -0.3 is 10.1 Å². The molecule has 2 atom stereocenters. The van der Waals surface area contributed by atoms with Crippen molar-refractivity contribution in [1.82, 2.24) is 5.32 Å². The number of hydrogen-bond acceptors (Lipinski definition) is 2. The monoisotopic (exact) mass is 309 g/mol. The maximum Gasteiger partial charge on any atom is 0.0781 e. The van der Waals surface area contributed by atoms with Crippen molar-refractivity contribution < 1.29 is 4.74 Å². The summed E-state index contributed by atoms with van der Waals surface area (Å²) in [5.41, 5.74) is 0.940. The van der Waals surface area contributed by atoms with Gasteiger partial charge in [-0.05, 0) is 32.4 Å². The van der Waals surface area contributed by atoms with Crippen LogP contribution >= 0.6 is 34.8 Å². The topological polar surface area (TPSA) is 21.3 Å². The maximum absolute atomic E-state index is 6.18. The number of benzene rings is 1. The third kappa shape index (κ3) is 4.29. The van der Waals surface area contributed by atoms with Crippen LogP contribution < -0.4 is 5.32 Å². The molecule has 0 heterocycles. The van der Waals surface area contributed by atoms with E-state index in [2.05, 4.69) is 5.32 Å². The van der Waals surface area contributed by atoms with E-state index in [1.54, 1.807) is 6.07 Å². The van der Waals surface area contributed by atoms with Gasteiger partial charge in [0.05, 0.1) is 21.2 Å². The summed E-state index contributed by atoms with van der Waals surface area (Å²) in [4.78, 5) is 0. The average Bonchev–Trinajstić information content (AvgIpc) is 2.34. The van der Waals surface area contributed by atoms with Gasteiger partial charge in [-0.3, -0.25) is 0 Å². The Kier molecular flexibility index (Phi) is 6.75. The van der Waals surface area contributed by atoms with E-state index in [-0.39, 0.29) is 12.1 Å². The first kappa shape index (κ1) is 16.1. The van der Waals surface area contributed by atoms with Crippen molar-refractivity contribution in [3.05, 3.63) is 32.8 Å². The van der Waals surface area contributed by atoms with Crippen molar-refractivity contribution in [2.75, 3.05) is 13.2 Å². The van der Waals surface area contributed by atoms with Gasteiger partial charge in [0, 0.05) is 19.2 Å². The molecule has 1 N–H and O–H groups in total. The van der Waals surface area contributed by atoms with Gasteiger partial charge in [-0.25, -0.2) is 0 Å². The van der Waals surface area contributed by atoms with Gasteiger partial charge in [0.2, 0.25) is 0 Å². The molecule has 0 aliphatic carbocycles. The molecule has 0 aliphatic rings. The van der Waals surface area contributed by atoms with Crippen LogP contribution in [0, 0.1) is 0 Å². The van der Waals surface area contributed by atoms with Crippen molar-refractivity contribution in [3.63, 3.8) is 0 Å².